The topological polar surface area (TPSA) is 76.2 Å². The van der Waals surface area contributed by atoms with Crippen molar-refractivity contribution in [1.29, 1.82) is 0 Å². The van der Waals surface area contributed by atoms with E-state index in [2.05, 4.69) is 4.98 Å². The first-order valence-corrected chi connectivity index (χ1v) is 3.59. The third-order valence-electron chi connectivity index (χ3n) is 1.28. The summed E-state index contributed by atoms with van der Waals surface area (Å²) in [5.74, 6) is -0.918. The van der Waals surface area contributed by atoms with Crippen molar-refractivity contribution >= 4 is 23.3 Å². The van der Waals surface area contributed by atoms with Crippen LogP contribution in [0.5, 0.6) is 0 Å². The van der Waals surface area contributed by atoms with Crippen molar-refractivity contribution in [1.82, 2.24) is 4.98 Å². The lowest BCUT2D eigenvalue weighted by Crippen LogP contribution is -2.01. The summed E-state index contributed by atoms with van der Waals surface area (Å²) in [6.45, 7) is 0. The van der Waals surface area contributed by atoms with Crippen molar-refractivity contribution < 1.29 is 9.90 Å². The van der Waals surface area contributed by atoms with Gasteiger partial charge in [-0.2, -0.15) is 0 Å². The van der Waals surface area contributed by atoms with E-state index in [1.54, 1.807) is 0 Å². The van der Waals surface area contributed by atoms with E-state index in [1.807, 2.05) is 0 Å². The Labute approximate surface area is 74.0 Å². The highest BCUT2D eigenvalue weighted by Crippen LogP contribution is 2.16. The summed E-state index contributed by atoms with van der Waals surface area (Å²) >= 11 is 5.53. The van der Waals surface area contributed by atoms with E-state index in [0.29, 0.717) is 11.3 Å². The average Bonchev–Trinajstić information content (AvgIpc) is 1.96. The number of nitrogen functional groups attached to an aromatic ring is 1. The molecule has 5 heteroatoms. The molecule has 0 unspecified atom stereocenters. The van der Waals surface area contributed by atoms with Gasteiger partial charge in [0.15, 0.2) is 5.15 Å². The van der Waals surface area contributed by atoms with Crippen LogP contribution in [-0.4, -0.2) is 16.1 Å². The molecule has 0 atom stereocenters. The van der Waals surface area contributed by atoms with Gasteiger partial charge in [0, 0.05) is 6.20 Å². The van der Waals surface area contributed by atoms with Crippen LogP contribution in [0.2, 0.25) is 5.15 Å². The number of hydrogen-bond donors (Lipinski definition) is 2. The second-order valence-corrected chi connectivity index (χ2v) is 2.65. The summed E-state index contributed by atoms with van der Waals surface area (Å²) in [6, 6.07) is 1.50. The molecule has 0 spiro atoms. The number of aromatic nitrogens is 1. The summed E-state index contributed by atoms with van der Waals surface area (Å²) in [7, 11) is 0. The molecule has 4 nitrogen and oxygen atoms in total. The monoisotopic (exact) mass is 186 g/mol. The number of anilines is 1. The highest BCUT2D eigenvalue weighted by Gasteiger charge is 2.03. The molecule has 3 N–H and O–H groups in total. The number of nitrogens with two attached hydrogens (primary N) is 1. The van der Waals surface area contributed by atoms with Crippen LogP contribution < -0.4 is 5.73 Å². The van der Waals surface area contributed by atoms with Gasteiger partial charge < -0.3 is 10.8 Å². The summed E-state index contributed by atoms with van der Waals surface area (Å²) in [4.78, 5) is 14.0. The summed E-state index contributed by atoms with van der Waals surface area (Å²) in [5, 5.41) is 8.62. The summed E-state index contributed by atoms with van der Waals surface area (Å²) < 4.78 is 0. The molecule has 64 valence electrons. The van der Waals surface area contributed by atoms with Gasteiger partial charge in [0.05, 0.1) is 12.1 Å². The van der Waals surface area contributed by atoms with Crippen molar-refractivity contribution in [3.8, 4) is 0 Å². The van der Waals surface area contributed by atoms with Gasteiger partial charge in [-0.25, -0.2) is 4.98 Å². The van der Waals surface area contributed by atoms with E-state index in [-0.39, 0.29) is 11.6 Å². The molecule has 0 aliphatic heterocycles. The minimum atomic E-state index is -0.918. The maximum absolute atomic E-state index is 10.3. The normalized spacial score (nSPS) is 9.75. The van der Waals surface area contributed by atoms with Crippen molar-refractivity contribution in [2.75, 3.05) is 5.73 Å². The second kappa shape index (κ2) is 3.40. The fourth-order valence-corrected chi connectivity index (χ4v) is 0.885. The van der Waals surface area contributed by atoms with Crippen molar-refractivity contribution in [2.24, 2.45) is 0 Å². The maximum Gasteiger partial charge on any atom is 0.307 e. The molecule has 0 fully saturated rings. The Morgan fingerprint density at radius 1 is 1.75 bits per heavy atom. The van der Waals surface area contributed by atoms with Crippen molar-refractivity contribution in [3.05, 3.63) is 23.0 Å². The zero-order valence-electron chi connectivity index (χ0n) is 6.12. The molecule has 0 saturated heterocycles. The van der Waals surface area contributed by atoms with Crippen LogP contribution in [0.4, 0.5) is 5.69 Å². The van der Waals surface area contributed by atoms with Crippen LogP contribution >= 0.6 is 11.6 Å². The third-order valence-corrected chi connectivity index (χ3v) is 1.59. The lowest BCUT2D eigenvalue weighted by Gasteiger charge is -1.99. The van der Waals surface area contributed by atoms with Crippen LogP contribution in [0.25, 0.3) is 0 Å². The Morgan fingerprint density at radius 2 is 2.42 bits per heavy atom. The minimum Gasteiger partial charge on any atom is -0.481 e. The van der Waals surface area contributed by atoms with Gasteiger partial charge >= 0.3 is 5.97 Å². The van der Waals surface area contributed by atoms with E-state index in [1.165, 1.54) is 12.3 Å². The lowest BCUT2D eigenvalue weighted by molar-refractivity contribution is -0.136. The Hall–Kier alpha value is -1.29. The fraction of sp³-hybridized carbons (Fsp3) is 0.143. The van der Waals surface area contributed by atoms with Gasteiger partial charge in [0.1, 0.15) is 0 Å². The number of carboxylic acid groups (broad SMARTS) is 1. The van der Waals surface area contributed by atoms with E-state index < -0.39 is 5.97 Å². The Balaban J connectivity index is 2.89. The average molecular weight is 187 g/mol. The standard InChI is InChI=1S/C7H7ClN2O2/c8-7-5(9)1-4(3-10-7)2-6(11)12/h1,3H,2,9H2,(H,11,12). The lowest BCUT2D eigenvalue weighted by atomic mass is 10.2. The number of hydrogen-bond acceptors (Lipinski definition) is 3. The van der Waals surface area contributed by atoms with Crippen LogP contribution in [0.3, 0.4) is 0 Å². The predicted octanol–water partition coefficient (Wildman–Crippen LogP) is 0.944. The van der Waals surface area contributed by atoms with Gasteiger partial charge in [0.25, 0.3) is 0 Å². The number of rotatable bonds is 2. The van der Waals surface area contributed by atoms with E-state index in [9.17, 15) is 4.79 Å². The van der Waals surface area contributed by atoms with E-state index >= 15 is 0 Å². The molecule has 1 aromatic heterocycles. The number of pyridine rings is 1. The molecule has 0 aliphatic carbocycles. The number of carbonyl (C=O) groups is 1. The highest BCUT2D eigenvalue weighted by atomic mass is 35.5. The van der Waals surface area contributed by atoms with Gasteiger partial charge in [-0.15, -0.1) is 0 Å². The van der Waals surface area contributed by atoms with Crippen molar-refractivity contribution in [2.45, 2.75) is 6.42 Å². The molecular formula is C7H7ClN2O2. The van der Waals surface area contributed by atoms with E-state index in [0.717, 1.165) is 0 Å². The van der Waals surface area contributed by atoms with Crippen molar-refractivity contribution in [3.63, 3.8) is 0 Å². The Morgan fingerprint density at radius 3 is 2.92 bits per heavy atom. The van der Waals surface area contributed by atoms with Crippen LogP contribution in [0, 0.1) is 0 Å². The first-order chi connectivity index (χ1) is 5.59. The number of aliphatic carboxylic acids is 1. The Bertz CT molecular complexity index is 314. The smallest absolute Gasteiger partial charge is 0.307 e. The van der Waals surface area contributed by atoms with Gasteiger partial charge in [-0.05, 0) is 11.6 Å². The molecule has 0 radical (unpaired) electrons. The van der Waals surface area contributed by atoms with Gasteiger partial charge in [-0.3, -0.25) is 4.79 Å². The third kappa shape index (κ3) is 2.10. The first kappa shape index (κ1) is 8.80. The molecule has 1 heterocycles. The summed E-state index contributed by atoms with van der Waals surface area (Å²) in [5.41, 5.74) is 6.26. The van der Waals surface area contributed by atoms with Gasteiger partial charge in [0.2, 0.25) is 0 Å². The predicted molar refractivity (Wildman–Crippen MR) is 45.0 cm³/mol. The Kier molecular flexibility index (Phi) is 2.50. The number of carboxylic acids is 1. The first-order valence-electron chi connectivity index (χ1n) is 3.21. The van der Waals surface area contributed by atoms with Crippen LogP contribution in [-0.2, 0) is 11.2 Å². The fourth-order valence-electron chi connectivity index (χ4n) is 0.782. The number of nitrogens with zero attached hydrogens (tertiary/aromatic N) is 1. The molecule has 0 aliphatic rings. The molecule has 1 rings (SSSR count). The highest BCUT2D eigenvalue weighted by molar-refractivity contribution is 6.31. The molecular weight excluding hydrogens is 180 g/mol. The van der Waals surface area contributed by atoms with E-state index in [4.69, 9.17) is 22.4 Å². The molecule has 0 bridgehead atoms. The van der Waals surface area contributed by atoms with Gasteiger partial charge in [-0.1, -0.05) is 11.6 Å². The summed E-state index contributed by atoms with van der Waals surface area (Å²) in [6.07, 6.45) is 1.31. The molecule has 0 saturated carbocycles. The maximum atomic E-state index is 10.3. The molecule has 1 aromatic rings. The van der Waals surface area contributed by atoms with Crippen LogP contribution in [0.15, 0.2) is 12.3 Å². The largest absolute Gasteiger partial charge is 0.481 e. The molecule has 0 aromatic carbocycles. The molecule has 0 amide bonds. The second-order valence-electron chi connectivity index (χ2n) is 2.29. The zero-order chi connectivity index (χ0) is 9.14. The SMILES string of the molecule is Nc1cc(CC(=O)O)cnc1Cl. The zero-order valence-corrected chi connectivity index (χ0v) is 6.88. The molecule has 12 heavy (non-hydrogen) atoms. The van der Waals surface area contributed by atoms with Crippen LogP contribution in [0.1, 0.15) is 5.56 Å². The number of halogens is 1. The minimum absolute atomic E-state index is 0.0889. The quantitative estimate of drug-likeness (QED) is 0.674.